The maximum Gasteiger partial charge on any atom is 0.227 e. The summed E-state index contributed by atoms with van der Waals surface area (Å²) in [6.07, 6.45) is 1.92. The number of likely N-dealkylation sites (tertiary alicyclic amines) is 1. The van der Waals surface area contributed by atoms with Crippen LogP contribution in [0.4, 0.5) is 5.69 Å². The Labute approximate surface area is 157 Å². The average molecular weight is 378 g/mol. The molecule has 2 heterocycles. The largest absolute Gasteiger partial charge is 0.348 e. The summed E-state index contributed by atoms with van der Waals surface area (Å²) in [4.78, 5) is 16.6. The fourth-order valence-electron chi connectivity index (χ4n) is 3.22. The minimum absolute atomic E-state index is 0.0265. The number of nitrogens with one attached hydrogen (secondary N) is 1. The fraction of sp³-hybridized carbons (Fsp3) is 0.529. The van der Waals surface area contributed by atoms with Gasteiger partial charge in [-0.1, -0.05) is 4.49 Å². The minimum Gasteiger partial charge on any atom is -0.348 e. The number of nitrogens with zero attached hydrogens (tertiary/aromatic N) is 4. The molecule has 6 nitrogen and oxygen atoms in total. The number of fused-ring (bicyclic) bond motifs is 1. The monoisotopic (exact) mass is 377 g/mol. The molecule has 8 heteroatoms. The second-order valence-corrected chi connectivity index (χ2v) is 7.35. The molecule has 3 rings (SSSR count). The second kappa shape index (κ2) is 8.05. The summed E-state index contributed by atoms with van der Waals surface area (Å²) in [6.45, 7) is 7.14. The second-order valence-electron chi connectivity index (χ2n) is 6.18. The third kappa shape index (κ3) is 4.07. The van der Waals surface area contributed by atoms with Gasteiger partial charge in [0.1, 0.15) is 5.52 Å². The highest BCUT2D eigenvalue weighted by Crippen LogP contribution is 2.22. The van der Waals surface area contributed by atoms with E-state index in [0.29, 0.717) is 11.7 Å². The summed E-state index contributed by atoms with van der Waals surface area (Å²) in [5.41, 5.74) is 1.77. The zero-order valence-electron chi connectivity index (χ0n) is 14.6. The molecule has 1 aromatic carbocycles. The lowest BCUT2D eigenvalue weighted by molar-refractivity contribution is -0.136. The molecule has 1 aromatic heterocycles. The Morgan fingerprint density at radius 2 is 2.24 bits per heavy atom. The number of anilines is 1. The zero-order chi connectivity index (χ0) is 17.8. The van der Waals surface area contributed by atoms with Crippen molar-refractivity contribution in [1.82, 2.24) is 19.4 Å². The molecule has 1 aliphatic rings. The molecule has 0 saturated carbocycles. The Balaban J connectivity index is 1.64. The van der Waals surface area contributed by atoms with Gasteiger partial charge in [0.2, 0.25) is 5.91 Å². The van der Waals surface area contributed by atoms with E-state index in [-0.39, 0.29) is 11.8 Å². The van der Waals surface area contributed by atoms with E-state index in [1.54, 1.807) is 0 Å². The van der Waals surface area contributed by atoms with Gasteiger partial charge in [-0.25, -0.2) is 0 Å². The van der Waals surface area contributed by atoms with E-state index in [9.17, 15) is 4.79 Å². The maximum absolute atomic E-state index is 12.6. The van der Waals surface area contributed by atoms with E-state index >= 15 is 0 Å². The van der Waals surface area contributed by atoms with E-state index < -0.39 is 0 Å². The van der Waals surface area contributed by atoms with E-state index in [1.807, 2.05) is 36.9 Å². The predicted octanol–water partition coefficient (Wildman–Crippen LogP) is 2.97. The van der Waals surface area contributed by atoms with Gasteiger partial charge in [0.15, 0.2) is 5.11 Å². The third-order valence-electron chi connectivity index (χ3n) is 4.63. The summed E-state index contributed by atoms with van der Waals surface area (Å²) in [5.74, 6) is 0.270. The van der Waals surface area contributed by atoms with Crippen LogP contribution < -0.4 is 5.32 Å². The lowest BCUT2D eigenvalue weighted by atomic mass is 9.96. The SMILES string of the molecule is CCN(CC)C(=O)[C@H]1CCCN(C(=S)Nc2ccc3snnc3c2)C1. The highest BCUT2D eigenvalue weighted by atomic mass is 32.1. The van der Waals surface area contributed by atoms with Crippen LogP contribution in [0.5, 0.6) is 0 Å². The first-order chi connectivity index (χ1) is 12.1. The maximum atomic E-state index is 12.6. The van der Waals surface area contributed by atoms with E-state index in [2.05, 4.69) is 19.8 Å². The number of piperidine rings is 1. The minimum atomic E-state index is 0.0265. The molecule has 1 aliphatic heterocycles. The smallest absolute Gasteiger partial charge is 0.227 e. The first kappa shape index (κ1) is 18.0. The zero-order valence-corrected chi connectivity index (χ0v) is 16.2. The van der Waals surface area contributed by atoms with Gasteiger partial charge in [-0.05, 0) is 68.6 Å². The van der Waals surface area contributed by atoms with Gasteiger partial charge in [-0.2, -0.15) is 0 Å². The summed E-state index contributed by atoms with van der Waals surface area (Å²) >= 11 is 6.96. The van der Waals surface area contributed by atoms with Gasteiger partial charge in [-0.3, -0.25) is 4.79 Å². The van der Waals surface area contributed by atoms with Gasteiger partial charge < -0.3 is 15.1 Å². The van der Waals surface area contributed by atoms with Crippen molar-refractivity contribution in [3.05, 3.63) is 18.2 Å². The summed E-state index contributed by atoms with van der Waals surface area (Å²) < 4.78 is 5.01. The predicted molar refractivity (Wildman–Crippen MR) is 106 cm³/mol. The molecular formula is C17H23N5OS2. The Morgan fingerprint density at radius 3 is 3.00 bits per heavy atom. The number of carbonyl (C=O) groups is 1. The van der Waals surface area contributed by atoms with Crippen molar-refractivity contribution in [1.29, 1.82) is 0 Å². The summed E-state index contributed by atoms with van der Waals surface area (Å²) in [5, 5.41) is 8.04. The lowest BCUT2D eigenvalue weighted by Crippen LogP contribution is -2.47. The Hall–Kier alpha value is -1.80. The van der Waals surface area contributed by atoms with Gasteiger partial charge in [0.25, 0.3) is 0 Å². The van der Waals surface area contributed by atoms with E-state index in [4.69, 9.17) is 12.2 Å². The molecule has 1 atom stereocenters. The van der Waals surface area contributed by atoms with Crippen molar-refractivity contribution in [3.63, 3.8) is 0 Å². The number of benzene rings is 1. The van der Waals surface area contributed by atoms with Gasteiger partial charge in [0.05, 0.1) is 10.6 Å². The quantitative estimate of drug-likeness (QED) is 0.827. The molecule has 25 heavy (non-hydrogen) atoms. The summed E-state index contributed by atoms with van der Waals surface area (Å²) in [7, 11) is 0. The van der Waals surface area contributed by atoms with Crippen LogP contribution in [0.15, 0.2) is 18.2 Å². The number of amides is 1. The fourth-order valence-corrected chi connectivity index (χ4v) is 4.04. The first-order valence-corrected chi connectivity index (χ1v) is 9.87. The molecule has 0 radical (unpaired) electrons. The van der Waals surface area contributed by atoms with Crippen LogP contribution in [0.25, 0.3) is 10.2 Å². The molecule has 1 saturated heterocycles. The van der Waals surface area contributed by atoms with E-state index in [1.165, 1.54) is 11.5 Å². The Kier molecular flexibility index (Phi) is 5.80. The molecule has 1 amide bonds. The molecular weight excluding hydrogens is 354 g/mol. The lowest BCUT2D eigenvalue weighted by Gasteiger charge is -2.36. The topological polar surface area (TPSA) is 61.4 Å². The van der Waals surface area contributed by atoms with Crippen molar-refractivity contribution in [2.24, 2.45) is 5.92 Å². The van der Waals surface area contributed by atoms with Gasteiger partial charge in [0, 0.05) is 31.9 Å². The molecule has 0 spiro atoms. The van der Waals surface area contributed by atoms with Crippen LogP contribution in [0, 0.1) is 5.92 Å². The van der Waals surface area contributed by atoms with Crippen LogP contribution in [0.1, 0.15) is 26.7 Å². The Morgan fingerprint density at radius 1 is 1.44 bits per heavy atom. The van der Waals surface area contributed by atoms with Crippen molar-refractivity contribution < 1.29 is 4.79 Å². The average Bonchev–Trinajstić information content (AvgIpc) is 3.10. The van der Waals surface area contributed by atoms with Crippen LogP contribution >= 0.6 is 23.8 Å². The van der Waals surface area contributed by atoms with Crippen LogP contribution in [0.2, 0.25) is 0 Å². The van der Waals surface area contributed by atoms with E-state index in [0.717, 1.165) is 48.4 Å². The number of hydrogen-bond donors (Lipinski definition) is 1. The van der Waals surface area contributed by atoms with Crippen LogP contribution in [0.3, 0.4) is 0 Å². The molecule has 134 valence electrons. The first-order valence-electron chi connectivity index (χ1n) is 8.69. The van der Waals surface area contributed by atoms with Crippen molar-refractivity contribution in [2.75, 3.05) is 31.5 Å². The number of thiocarbonyl (C=S) groups is 1. The third-order valence-corrected chi connectivity index (χ3v) is 5.70. The highest BCUT2D eigenvalue weighted by molar-refractivity contribution is 7.80. The highest BCUT2D eigenvalue weighted by Gasteiger charge is 2.29. The standard InChI is InChI=1S/C17H23N5OS2/c1-3-21(4-2)16(23)12-6-5-9-22(11-12)17(24)18-13-7-8-15-14(10-13)19-20-25-15/h7-8,10,12H,3-6,9,11H2,1-2H3,(H,18,24)/t12-/m0/s1. The summed E-state index contributed by atoms with van der Waals surface area (Å²) in [6, 6.07) is 5.93. The normalized spacial score (nSPS) is 17.5. The van der Waals surface area contributed by atoms with Crippen molar-refractivity contribution >= 4 is 50.7 Å². The van der Waals surface area contributed by atoms with Gasteiger partial charge in [-0.15, -0.1) is 5.10 Å². The number of rotatable bonds is 4. The molecule has 1 fully saturated rings. The molecule has 0 bridgehead atoms. The number of carbonyl (C=O) groups excluding carboxylic acids is 1. The molecule has 1 N–H and O–H groups in total. The Bertz CT molecular complexity index is 758. The number of hydrogen-bond acceptors (Lipinski definition) is 5. The van der Waals surface area contributed by atoms with Crippen molar-refractivity contribution in [3.8, 4) is 0 Å². The molecule has 0 aliphatic carbocycles. The molecule has 0 unspecified atom stereocenters. The van der Waals surface area contributed by atoms with Gasteiger partial charge >= 0.3 is 0 Å². The number of aromatic nitrogens is 2. The van der Waals surface area contributed by atoms with Crippen LogP contribution in [-0.2, 0) is 4.79 Å². The van der Waals surface area contributed by atoms with Crippen molar-refractivity contribution in [2.45, 2.75) is 26.7 Å². The molecule has 2 aromatic rings. The van der Waals surface area contributed by atoms with Crippen LogP contribution in [-0.4, -0.2) is 56.6 Å².